The van der Waals surface area contributed by atoms with Gasteiger partial charge in [-0.25, -0.2) is 13.8 Å². The third-order valence-electron chi connectivity index (χ3n) is 4.26. The third kappa shape index (κ3) is 3.85. The molecule has 0 aliphatic heterocycles. The van der Waals surface area contributed by atoms with Crippen molar-refractivity contribution in [1.29, 1.82) is 0 Å². The summed E-state index contributed by atoms with van der Waals surface area (Å²) in [4.78, 5) is 33.5. The Morgan fingerprint density at radius 2 is 1.93 bits per heavy atom. The van der Waals surface area contributed by atoms with Crippen molar-refractivity contribution in [3.8, 4) is 0 Å². The van der Waals surface area contributed by atoms with E-state index >= 15 is 0 Å². The van der Waals surface area contributed by atoms with E-state index in [2.05, 4.69) is 9.97 Å². The predicted molar refractivity (Wildman–Crippen MR) is 107 cm³/mol. The van der Waals surface area contributed by atoms with Crippen molar-refractivity contribution in [2.75, 3.05) is 4.90 Å². The summed E-state index contributed by atoms with van der Waals surface area (Å²) in [5.74, 6) is -2.80. The van der Waals surface area contributed by atoms with Crippen molar-refractivity contribution in [2.45, 2.75) is 6.54 Å². The molecule has 0 radical (unpaired) electrons. The van der Waals surface area contributed by atoms with Gasteiger partial charge in [0.2, 0.25) is 0 Å². The minimum atomic E-state index is -1.14. The van der Waals surface area contributed by atoms with E-state index in [0.717, 1.165) is 23.5 Å². The van der Waals surface area contributed by atoms with Crippen LogP contribution in [0.4, 0.5) is 19.6 Å². The number of nitrogens with zero attached hydrogens (tertiary/aromatic N) is 4. The number of hydrogen-bond acceptors (Lipinski definition) is 6. The SMILES string of the molecule is O=C(c1ccc(F)c(F)c1)N(Cc1ccccn1)c1nc2ccc([N+](=O)[O-])cc2s1. The average Bonchev–Trinajstić information content (AvgIpc) is 3.17. The number of fused-ring (bicyclic) bond motifs is 1. The summed E-state index contributed by atoms with van der Waals surface area (Å²) in [6, 6.07) is 12.3. The number of rotatable bonds is 5. The van der Waals surface area contributed by atoms with Crippen LogP contribution in [0.25, 0.3) is 10.2 Å². The first-order valence-electron chi connectivity index (χ1n) is 8.64. The number of nitro groups is 1. The summed E-state index contributed by atoms with van der Waals surface area (Å²) in [5, 5.41) is 11.3. The highest BCUT2D eigenvalue weighted by Gasteiger charge is 2.24. The zero-order valence-corrected chi connectivity index (χ0v) is 16.0. The topological polar surface area (TPSA) is 89.2 Å². The second-order valence-corrected chi connectivity index (χ2v) is 7.26. The van der Waals surface area contributed by atoms with Crippen LogP contribution in [0, 0.1) is 21.7 Å². The lowest BCUT2D eigenvalue weighted by Crippen LogP contribution is -2.30. The molecule has 0 N–H and O–H groups in total. The quantitative estimate of drug-likeness (QED) is 0.340. The highest BCUT2D eigenvalue weighted by molar-refractivity contribution is 7.22. The van der Waals surface area contributed by atoms with Crippen LogP contribution in [0.2, 0.25) is 0 Å². The fraction of sp³-hybridized carbons (Fsp3) is 0.0500. The number of nitro benzene ring substituents is 1. The van der Waals surface area contributed by atoms with Crippen LogP contribution in [0.15, 0.2) is 60.8 Å². The van der Waals surface area contributed by atoms with Gasteiger partial charge in [-0.1, -0.05) is 17.4 Å². The Hall–Kier alpha value is -3.79. The number of carbonyl (C=O) groups is 1. The Morgan fingerprint density at radius 3 is 2.63 bits per heavy atom. The summed E-state index contributed by atoms with van der Waals surface area (Å²) in [6.45, 7) is 0.0284. The summed E-state index contributed by atoms with van der Waals surface area (Å²) in [6.07, 6.45) is 1.57. The normalized spacial score (nSPS) is 10.9. The van der Waals surface area contributed by atoms with Crippen molar-refractivity contribution < 1.29 is 18.5 Å². The maximum absolute atomic E-state index is 13.7. The minimum absolute atomic E-state index is 0.0284. The third-order valence-corrected chi connectivity index (χ3v) is 5.30. The van der Waals surface area contributed by atoms with Gasteiger partial charge in [0.25, 0.3) is 11.6 Å². The molecule has 4 aromatic rings. The highest BCUT2D eigenvalue weighted by Crippen LogP contribution is 2.33. The monoisotopic (exact) mass is 426 g/mol. The van der Waals surface area contributed by atoms with Gasteiger partial charge in [0.1, 0.15) is 0 Å². The van der Waals surface area contributed by atoms with Crippen molar-refractivity contribution in [1.82, 2.24) is 9.97 Å². The molecule has 0 saturated carbocycles. The summed E-state index contributed by atoms with van der Waals surface area (Å²) in [7, 11) is 0. The second kappa shape index (κ2) is 7.91. The number of thiazole rings is 1. The first kappa shape index (κ1) is 19.5. The van der Waals surface area contributed by atoms with Gasteiger partial charge in [-0.05, 0) is 36.4 Å². The average molecular weight is 426 g/mol. The van der Waals surface area contributed by atoms with Crippen molar-refractivity contribution in [2.24, 2.45) is 0 Å². The van der Waals surface area contributed by atoms with Crippen LogP contribution < -0.4 is 4.90 Å². The van der Waals surface area contributed by atoms with Gasteiger partial charge in [-0.3, -0.25) is 24.8 Å². The number of halogens is 2. The minimum Gasteiger partial charge on any atom is -0.278 e. The molecular weight excluding hydrogens is 414 g/mol. The van der Waals surface area contributed by atoms with Gasteiger partial charge in [-0.2, -0.15) is 0 Å². The van der Waals surface area contributed by atoms with Crippen LogP contribution in [-0.4, -0.2) is 20.8 Å². The first-order valence-corrected chi connectivity index (χ1v) is 9.46. The van der Waals surface area contributed by atoms with Gasteiger partial charge in [-0.15, -0.1) is 0 Å². The molecule has 0 aliphatic carbocycles. The Morgan fingerprint density at radius 1 is 1.10 bits per heavy atom. The molecule has 0 fully saturated rings. The molecule has 2 aromatic carbocycles. The molecule has 0 aliphatic rings. The molecule has 30 heavy (non-hydrogen) atoms. The molecule has 1 amide bonds. The molecule has 7 nitrogen and oxygen atoms in total. The van der Waals surface area contributed by atoms with E-state index in [9.17, 15) is 23.7 Å². The smallest absolute Gasteiger partial charge is 0.270 e. The van der Waals surface area contributed by atoms with Crippen molar-refractivity contribution >= 4 is 38.3 Å². The fourth-order valence-corrected chi connectivity index (χ4v) is 3.79. The highest BCUT2D eigenvalue weighted by atomic mass is 32.1. The number of anilines is 1. The Kier molecular flexibility index (Phi) is 5.15. The number of aromatic nitrogens is 2. The van der Waals surface area contributed by atoms with Gasteiger partial charge in [0, 0.05) is 23.9 Å². The van der Waals surface area contributed by atoms with Crippen LogP contribution >= 0.6 is 11.3 Å². The number of hydrogen-bond donors (Lipinski definition) is 0. The van der Waals surface area contributed by atoms with E-state index in [1.807, 2.05) is 0 Å². The number of amides is 1. The number of carbonyl (C=O) groups excluding carboxylic acids is 1. The number of benzene rings is 2. The molecule has 0 unspecified atom stereocenters. The fourth-order valence-electron chi connectivity index (χ4n) is 2.80. The molecule has 2 heterocycles. The largest absolute Gasteiger partial charge is 0.278 e. The maximum atomic E-state index is 13.7. The molecule has 0 bridgehead atoms. The molecule has 0 saturated heterocycles. The van der Waals surface area contributed by atoms with Crippen LogP contribution in [-0.2, 0) is 6.54 Å². The summed E-state index contributed by atoms with van der Waals surface area (Å²) < 4.78 is 27.5. The van der Waals surface area contributed by atoms with Crippen molar-refractivity contribution in [3.63, 3.8) is 0 Å². The van der Waals surface area contributed by atoms with Gasteiger partial charge in [0.05, 0.1) is 27.4 Å². The molecule has 0 spiro atoms. The molecule has 0 atom stereocenters. The predicted octanol–water partition coefficient (Wildman–Crippen LogP) is 4.72. The van der Waals surface area contributed by atoms with Gasteiger partial charge in [0.15, 0.2) is 16.8 Å². The lowest BCUT2D eigenvalue weighted by atomic mass is 10.2. The number of non-ortho nitro benzene ring substituents is 1. The molecule has 10 heteroatoms. The van der Waals surface area contributed by atoms with Crippen LogP contribution in [0.5, 0.6) is 0 Å². The van der Waals surface area contributed by atoms with E-state index < -0.39 is 22.5 Å². The lowest BCUT2D eigenvalue weighted by Gasteiger charge is -2.19. The zero-order chi connectivity index (χ0) is 21.3. The Bertz CT molecular complexity index is 1260. The van der Waals surface area contributed by atoms with Gasteiger partial charge >= 0.3 is 0 Å². The standard InChI is InChI=1S/C20H12F2N4O3S/c21-15-6-4-12(9-16(15)22)19(27)25(11-13-3-1-2-8-23-13)20-24-17-7-5-14(26(28)29)10-18(17)30-20/h1-10H,11H2. The van der Waals surface area contributed by atoms with Gasteiger partial charge < -0.3 is 0 Å². The second-order valence-electron chi connectivity index (χ2n) is 6.25. The van der Waals surface area contributed by atoms with Crippen LogP contribution in [0.3, 0.4) is 0 Å². The first-order chi connectivity index (χ1) is 14.4. The Balaban J connectivity index is 1.78. The van der Waals surface area contributed by atoms with E-state index in [0.29, 0.717) is 15.9 Å². The zero-order valence-electron chi connectivity index (χ0n) is 15.2. The van der Waals surface area contributed by atoms with E-state index in [1.165, 1.54) is 29.2 Å². The van der Waals surface area contributed by atoms with Crippen LogP contribution in [0.1, 0.15) is 16.1 Å². The van der Waals surface area contributed by atoms with E-state index in [4.69, 9.17) is 0 Å². The maximum Gasteiger partial charge on any atom is 0.270 e. The molecule has 2 aromatic heterocycles. The van der Waals surface area contributed by atoms with E-state index in [-0.39, 0.29) is 22.9 Å². The lowest BCUT2D eigenvalue weighted by molar-refractivity contribution is -0.384. The number of pyridine rings is 1. The summed E-state index contributed by atoms with van der Waals surface area (Å²) in [5.41, 5.74) is 0.874. The summed E-state index contributed by atoms with van der Waals surface area (Å²) >= 11 is 1.08. The Labute approximate surface area is 172 Å². The van der Waals surface area contributed by atoms with Crippen molar-refractivity contribution in [3.05, 3.63) is 93.8 Å². The molecular formula is C20H12F2N4O3S. The molecule has 4 rings (SSSR count). The molecule has 150 valence electrons. The van der Waals surface area contributed by atoms with E-state index in [1.54, 1.807) is 24.4 Å².